The van der Waals surface area contributed by atoms with Gasteiger partial charge >= 0.3 is 0 Å². The van der Waals surface area contributed by atoms with Crippen molar-refractivity contribution in [2.24, 2.45) is 0 Å². The third kappa shape index (κ3) is 3.75. The maximum Gasteiger partial charge on any atom is 0.232 e. The summed E-state index contributed by atoms with van der Waals surface area (Å²) in [5, 5.41) is 6.22. The number of hydrogen-bond acceptors (Lipinski definition) is 6. The number of aryl methyl sites for hydroxylation is 2. The van der Waals surface area contributed by atoms with Gasteiger partial charge in [-0.15, -0.1) is 22.7 Å². The fourth-order valence-corrected chi connectivity index (χ4v) is 3.69. The zero-order valence-electron chi connectivity index (χ0n) is 12.8. The van der Waals surface area contributed by atoms with Crippen molar-refractivity contribution in [3.05, 3.63) is 45.9 Å². The van der Waals surface area contributed by atoms with Gasteiger partial charge in [0, 0.05) is 21.5 Å². The molecule has 1 amide bonds. The number of hydrogen-bond donors (Lipinski definition) is 2. The number of thiazole rings is 2. The Morgan fingerprint density at radius 1 is 1.30 bits per heavy atom. The molecule has 7 heteroatoms. The van der Waals surface area contributed by atoms with Crippen LogP contribution in [-0.4, -0.2) is 15.9 Å². The molecule has 0 aliphatic carbocycles. The van der Waals surface area contributed by atoms with E-state index in [1.807, 2.05) is 43.5 Å². The van der Waals surface area contributed by atoms with Crippen LogP contribution in [0.15, 0.2) is 29.6 Å². The highest BCUT2D eigenvalue weighted by Gasteiger charge is 2.12. The quantitative estimate of drug-likeness (QED) is 0.708. The molecule has 0 atom stereocenters. The highest BCUT2D eigenvalue weighted by atomic mass is 32.1. The summed E-state index contributed by atoms with van der Waals surface area (Å²) in [7, 11) is 0. The molecule has 2 aromatic heterocycles. The summed E-state index contributed by atoms with van der Waals surface area (Å²) in [6.07, 6.45) is 0.233. The zero-order valence-corrected chi connectivity index (χ0v) is 14.4. The molecule has 0 spiro atoms. The summed E-state index contributed by atoms with van der Waals surface area (Å²) in [6.45, 7) is 3.92. The van der Waals surface area contributed by atoms with Crippen molar-refractivity contribution in [3.63, 3.8) is 0 Å². The molecule has 0 aliphatic rings. The number of nitrogens with one attached hydrogen (secondary N) is 1. The first-order valence-electron chi connectivity index (χ1n) is 7.05. The van der Waals surface area contributed by atoms with Gasteiger partial charge in [0.05, 0.1) is 17.8 Å². The van der Waals surface area contributed by atoms with Gasteiger partial charge in [-0.25, -0.2) is 9.97 Å². The number of anilines is 2. The standard InChI is InChI=1S/C16H16N4OS2/c1-9-10(2)23-16(18-9)20-14(21)7-13-8-22-15(19-13)11-4-3-5-12(17)6-11/h3-6,8H,7,17H2,1-2H3,(H,18,20,21). The second-order valence-corrected chi connectivity index (χ2v) is 7.22. The van der Waals surface area contributed by atoms with E-state index in [0.29, 0.717) is 10.8 Å². The van der Waals surface area contributed by atoms with Crippen LogP contribution in [0.5, 0.6) is 0 Å². The minimum Gasteiger partial charge on any atom is -0.399 e. The maximum atomic E-state index is 12.1. The van der Waals surface area contributed by atoms with Crippen LogP contribution in [0.1, 0.15) is 16.3 Å². The number of nitrogens with zero attached hydrogens (tertiary/aromatic N) is 2. The van der Waals surface area contributed by atoms with E-state index in [-0.39, 0.29) is 12.3 Å². The van der Waals surface area contributed by atoms with Gasteiger partial charge in [0.1, 0.15) is 5.01 Å². The fraction of sp³-hybridized carbons (Fsp3) is 0.188. The Balaban J connectivity index is 1.68. The van der Waals surface area contributed by atoms with Crippen LogP contribution in [-0.2, 0) is 11.2 Å². The Morgan fingerprint density at radius 3 is 2.83 bits per heavy atom. The SMILES string of the molecule is Cc1nc(NC(=O)Cc2csc(-c3cccc(N)c3)n2)sc1C. The molecule has 0 saturated carbocycles. The van der Waals surface area contributed by atoms with E-state index < -0.39 is 0 Å². The van der Waals surface area contributed by atoms with E-state index >= 15 is 0 Å². The van der Waals surface area contributed by atoms with E-state index in [4.69, 9.17) is 5.73 Å². The minimum atomic E-state index is -0.108. The summed E-state index contributed by atoms with van der Waals surface area (Å²) in [4.78, 5) is 22.0. The van der Waals surface area contributed by atoms with E-state index in [0.717, 1.165) is 26.8 Å². The van der Waals surface area contributed by atoms with Gasteiger partial charge in [0.25, 0.3) is 0 Å². The Labute approximate surface area is 142 Å². The van der Waals surface area contributed by atoms with Crippen LogP contribution in [0, 0.1) is 13.8 Å². The lowest BCUT2D eigenvalue weighted by Crippen LogP contribution is -2.14. The smallest absolute Gasteiger partial charge is 0.232 e. The number of amides is 1. The summed E-state index contributed by atoms with van der Waals surface area (Å²) in [5.74, 6) is -0.108. The molecule has 0 saturated heterocycles. The molecule has 2 heterocycles. The van der Waals surface area contributed by atoms with Crippen molar-refractivity contribution in [2.45, 2.75) is 20.3 Å². The van der Waals surface area contributed by atoms with Gasteiger partial charge in [-0.05, 0) is 26.0 Å². The lowest BCUT2D eigenvalue weighted by Gasteiger charge is -1.99. The van der Waals surface area contributed by atoms with Crippen LogP contribution >= 0.6 is 22.7 Å². The first kappa shape index (κ1) is 15.6. The van der Waals surface area contributed by atoms with Crippen LogP contribution in [0.4, 0.5) is 10.8 Å². The summed E-state index contributed by atoms with van der Waals surface area (Å²) < 4.78 is 0. The molecule has 0 bridgehead atoms. The largest absolute Gasteiger partial charge is 0.399 e. The Hall–Kier alpha value is -2.25. The average molecular weight is 344 g/mol. The molecule has 23 heavy (non-hydrogen) atoms. The number of benzene rings is 1. The van der Waals surface area contributed by atoms with E-state index in [1.165, 1.54) is 22.7 Å². The van der Waals surface area contributed by atoms with Gasteiger partial charge in [-0.1, -0.05) is 12.1 Å². The lowest BCUT2D eigenvalue weighted by molar-refractivity contribution is -0.115. The van der Waals surface area contributed by atoms with Crippen molar-refractivity contribution >= 4 is 39.4 Å². The number of nitrogens with two attached hydrogens (primary N) is 1. The second kappa shape index (κ2) is 6.47. The van der Waals surface area contributed by atoms with Crippen molar-refractivity contribution < 1.29 is 4.79 Å². The van der Waals surface area contributed by atoms with E-state index in [1.54, 1.807) is 0 Å². The third-order valence-electron chi connectivity index (χ3n) is 3.30. The predicted molar refractivity (Wildman–Crippen MR) is 95.9 cm³/mol. The molecule has 3 aromatic rings. The Morgan fingerprint density at radius 2 is 2.13 bits per heavy atom. The highest BCUT2D eigenvalue weighted by molar-refractivity contribution is 7.15. The van der Waals surface area contributed by atoms with Gasteiger partial charge in [-0.2, -0.15) is 0 Å². The Bertz CT molecular complexity index is 834. The van der Waals surface area contributed by atoms with Crippen LogP contribution in [0.3, 0.4) is 0 Å². The minimum absolute atomic E-state index is 0.108. The summed E-state index contributed by atoms with van der Waals surface area (Å²) >= 11 is 2.99. The molecule has 3 rings (SSSR count). The Kier molecular flexibility index (Phi) is 4.40. The number of rotatable bonds is 4. The monoisotopic (exact) mass is 344 g/mol. The second-order valence-electron chi connectivity index (χ2n) is 5.16. The van der Waals surface area contributed by atoms with Crippen molar-refractivity contribution in [3.8, 4) is 10.6 Å². The fourth-order valence-electron chi connectivity index (χ4n) is 2.05. The molecule has 3 N–H and O–H groups in total. The third-order valence-corrected chi connectivity index (χ3v) is 5.23. The maximum absolute atomic E-state index is 12.1. The summed E-state index contributed by atoms with van der Waals surface area (Å²) in [6, 6.07) is 7.57. The van der Waals surface area contributed by atoms with E-state index in [2.05, 4.69) is 15.3 Å². The number of aromatic nitrogens is 2. The first-order chi connectivity index (χ1) is 11.0. The van der Waals surface area contributed by atoms with Crippen LogP contribution in [0.2, 0.25) is 0 Å². The lowest BCUT2D eigenvalue weighted by atomic mass is 10.2. The van der Waals surface area contributed by atoms with Gasteiger partial charge in [0.2, 0.25) is 5.91 Å². The van der Waals surface area contributed by atoms with E-state index in [9.17, 15) is 4.79 Å². The molecule has 5 nitrogen and oxygen atoms in total. The molecule has 0 aliphatic heterocycles. The number of carbonyl (C=O) groups excluding carboxylic acids is 1. The summed E-state index contributed by atoms with van der Waals surface area (Å²) in [5.41, 5.74) is 9.15. The van der Waals surface area contributed by atoms with Crippen LogP contribution < -0.4 is 11.1 Å². The van der Waals surface area contributed by atoms with Crippen molar-refractivity contribution in [2.75, 3.05) is 11.1 Å². The van der Waals surface area contributed by atoms with Gasteiger partial charge < -0.3 is 11.1 Å². The molecule has 1 aromatic carbocycles. The first-order valence-corrected chi connectivity index (χ1v) is 8.75. The molecule has 0 fully saturated rings. The van der Waals surface area contributed by atoms with Gasteiger partial charge in [-0.3, -0.25) is 4.79 Å². The highest BCUT2D eigenvalue weighted by Crippen LogP contribution is 2.26. The topological polar surface area (TPSA) is 80.9 Å². The zero-order chi connectivity index (χ0) is 16.4. The number of carbonyl (C=O) groups is 1. The molecule has 0 radical (unpaired) electrons. The molecule has 118 valence electrons. The van der Waals surface area contributed by atoms with Crippen LogP contribution in [0.25, 0.3) is 10.6 Å². The van der Waals surface area contributed by atoms with Crippen molar-refractivity contribution in [1.29, 1.82) is 0 Å². The average Bonchev–Trinajstić information content (AvgIpc) is 3.06. The number of nitrogen functional groups attached to an aromatic ring is 1. The van der Waals surface area contributed by atoms with Crippen molar-refractivity contribution in [1.82, 2.24) is 9.97 Å². The van der Waals surface area contributed by atoms with Gasteiger partial charge in [0.15, 0.2) is 5.13 Å². The normalized spacial score (nSPS) is 10.7. The molecular formula is C16H16N4OS2. The molecule has 0 unspecified atom stereocenters. The predicted octanol–water partition coefficient (Wildman–Crippen LogP) is 3.65. The molecular weight excluding hydrogens is 328 g/mol.